The number of anilines is 1. The largest absolute Gasteiger partial charge is 0.465 e. The second-order valence-electron chi connectivity index (χ2n) is 8.70. The Morgan fingerprint density at radius 3 is 2.67 bits per heavy atom. The van der Waals surface area contributed by atoms with Crippen molar-refractivity contribution in [2.24, 2.45) is 0 Å². The van der Waals surface area contributed by atoms with Gasteiger partial charge >= 0.3 is 5.97 Å². The molecule has 1 aromatic heterocycles. The summed E-state index contributed by atoms with van der Waals surface area (Å²) < 4.78 is 34.3. The maximum absolute atomic E-state index is 13.4. The van der Waals surface area contributed by atoms with Crippen LogP contribution in [0.3, 0.4) is 0 Å². The third-order valence-corrected chi connectivity index (χ3v) is 9.73. The number of rotatable bonds is 5. The van der Waals surface area contributed by atoms with Gasteiger partial charge in [-0.15, -0.1) is 11.3 Å². The van der Waals surface area contributed by atoms with E-state index < -0.39 is 16.0 Å². The standard InChI is InChI=1S/C24H26N2O5S2/c1-31-23(28)21-19-11-12-26(22(27)16-5-2-3-6-16)14-20(19)32-24(21)33(29,30)25-18-10-9-15-7-4-8-17(15)13-18/h5,9-10,13,25H,2-4,6-8,11-12,14H2,1H3. The quantitative estimate of drug-likeness (QED) is 0.649. The number of methoxy groups -OCH3 is 1. The lowest BCUT2D eigenvalue weighted by Crippen LogP contribution is -2.36. The van der Waals surface area contributed by atoms with E-state index in [1.165, 1.54) is 12.7 Å². The Bertz CT molecular complexity index is 1280. The maximum atomic E-state index is 13.4. The summed E-state index contributed by atoms with van der Waals surface area (Å²) in [5.74, 6) is -0.660. The fourth-order valence-electron chi connectivity index (χ4n) is 4.95. The van der Waals surface area contributed by atoms with Crippen LogP contribution in [0.5, 0.6) is 0 Å². The number of hydrogen-bond acceptors (Lipinski definition) is 6. The van der Waals surface area contributed by atoms with E-state index in [0.29, 0.717) is 30.8 Å². The predicted octanol–water partition coefficient (Wildman–Crippen LogP) is 3.82. The number of ether oxygens (including phenoxy) is 1. The van der Waals surface area contributed by atoms with Gasteiger partial charge in [-0.05, 0) is 73.8 Å². The Labute approximate surface area is 197 Å². The highest BCUT2D eigenvalue weighted by atomic mass is 32.2. The molecule has 0 bridgehead atoms. The Kier molecular flexibility index (Phi) is 5.78. The van der Waals surface area contributed by atoms with Gasteiger partial charge in [-0.3, -0.25) is 9.52 Å². The zero-order valence-electron chi connectivity index (χ0n) is 18.5. The van der Waals surface area contributed by atoms with Gasteiger partial charge in [0.2, 0.25) is 5.91 Å². The van der Waals surface area contributed by atoms with E-state index in [1.807, 2.05) is 18.2 Å². The summed E-state index contributed by atoms with van der Waals surface area (Å²) in [7, 11) is -2.76. The molecule has 174 valence electrons. The maximum Gasteiger partial charge on any atom is 0.340 e. The lowest BCUT2D eigenvalue weighted by molar-refractivity contribution is -0.128. The average Bonchev–Trinajstić information content (AvgIpc) is 3.56. The molecule has 5 rings (SSSR count). The minimum absolute atomic E-state index is 0.00633. The molecule has 0 fully saturated rings. The molecule has 1 aromatic carbocycles. The molecular formula is C24H26N2O5S2. The summed E-state index contributed by atoms with van der Waals surface area (Å²) in [5.41, 5.74) is 4.49. The third-order valence-electron chi connectivity index (χ3n) is 6.61. The van der Waals surface area contributed by atoms with E-state index in [4.69, 9.17) is 4.74 Å². The number of amides is 1. The number of esters is 1. The Morgan fingerprint density at radius 1 is 1.09 bits per heavy atom. The summed E-state index contributed by atoms with van der Waals surface area (Å²) in [4.78, 5) is 28.0. The first-order chi connectivity index (χ1) is 15.9. The van der Waals surface area contributed by atoms with Gasteiger partial charge in [0.25, 0.3) is 10.0 Å². The molecule has 33 heavy (non-hydrogen) atoms. The van der Waals surface area contributed by atoms with E-state index in [9.17, 15) is 18.0 Å². The number of carbonyl (C=O) groups excluding carboxylic acids is 2. The number of hydrogen-bond donors (Lipinski definition) is 1. The molecule has 1 N–H and O–H groups in total. The number of carbonyl (C=O) groups is 2. The average molecular weight is 487 g/mol. The Hall–Kier alpha value is -2.65. The third kappa shape index (κ3) is 4.08. The first-order valence-corrected chi connectivity index (χ1v) is 13.5. The van der Waals surface area contributed by atoms with Crippen molar-refractivity contribution in [2.45, 2.75) is 55.7 Å². The second-order valence-corrected chi connectivity index (χ2v) is 11.7. The minimum atomic E-state index is -4.01. The van der Waals surface area contributed by atoms with Crippen molar-refractivity contribution in [3.63, 3.8) is 0 Å². The minimum Gasteiger partial charge on any atom is -0.465 e. The van der Waals surface area contributed by atoms with E-state index >= 15 is 0 Å². The topological polar surface area (TPSA) is 92.8 Å². The summed E-state index contributed by atoms with van der Waals surface area (Å²) in [6.45, 7) is 0.746. The molecule has 9 heteroatoms. The van der Waals surface area contributed by atoms with Gasteiger partial charge in [0, 0.05) is 22.7 Å². The van der Waals surface area contributed by atoms with Crippen molar-refractivity contribution in [1.82, 2.24) is 4.90 Å². The molecule has 2 heterocycles. The van der Waals surface area contributed by atoms with Crippen LogP contribution in [0, 0.1) is 0 Å². The number of benzene rings is 1. The van der Waals surface area contributed by atoms with Gasteiger partial charge in [-0.2, -0.15) is 0 Å². The number of sulfonamides is 1. The number of fused-ring (bicyclic) bond motifs is 2. The fourth-order valence-corrected chi connectivity index (χ4v) is 7.91. The molecule has 2 aromatic rings. The van der Waals surface area contributed by atoms with Crippen LogP contribution < -0.4 is 4.72 Å². The molecule has 3 aliphatic rings. The van der Waals surface area contributed by atoms with Crippen LogP contribution in [0.4, 0.5) is 5.69 Å². The van der Waals surface area contributed by atoms with Crippen molar-refractivity contribution >= 4 is 38.9 Å². The highest BCUT2D eigenvalue weighted by Gasteiger charge is 2.35. The summed E-state index contributed by atoms with van der Waals surface area (Å²) in [5, 5.41) is 0. The number of nitrogens with one attached hydrogen (secondary N) is 1. The van der Waals surface area contributed by atoms with Crippen LogP contribution in [0.15, 0.2) is 34.1 Å². The lowest BCUT2D eigenvalue weighted by atomic mass is 10.0. The van der Waals surface area contributed by atoms with Gasteiger partial charge in [0.1, 0.15) is 0 Å². The summed E-state index contributed by atoms with van der Waals surface area (Å²) >= 11 is 1.06. The van der Waals surface area contributed by atoms with Gasteiger partial charge in [-0.1, -0.05) is 12.1 Å². The van der Waals surface area contributed by atoms with Gasteiger partial charge in [-0.25, -0.2) is 13.2 Å². The molecule has 0 radical (unpaired) electrons. The van der Waals surface area contributed by atoms with Crippen LogP contribution in [0.25, 0.3) is 0 Å². The molecule has 0 atom stereocenters. The highest BCUT2D eigenvalue weighted by molar-refractivity contribution is 7.94. The van der Waals surface area contributed by atoms with E-state index in [2.05, 4.69) is 4.72 Å². The number of nitrogens with zero attached hydrogens (tertiary/aromatic N) is 1. The van der Waals surface area contributed by atoms with Crippen molar-refractivity contribution < 1.29 is 22.7 Å². The molecular weight excluding hydrogens is 460 g/mol. The van der Waals surface area contributed by atoms with Crippen LogP contribution in [0.2, 0.25) is 0 Å². The SMILES string of the molecule is COC(=O)c1c(S(=O)(=O)Nc2ccc3c(c2)CCC3)sc2c1CCN(C(=O)C1=CCCC1)C2. The predicted molar refractivity (Wildman–Crippen MR) is 126 cm³/mol. The smallest absolute Gasteiger partial charge is 0.340 e. The van der Waals surface area contributed by atoms with Gasteiger partial charge in [0.15, 0.2) is 4.21 Å². The highest BCUT2D eigenvalue weighted by Crippen LogP contribution is 2.38. The zero-order valence-corrected chi connectivity index (χ0v) is 20.1. The zero-order chi connectivity index (χ0) is 23.2. The number of aryl methyl sites for hydroxylation is 2. The lowest BCUT2D eigenvalue weighted by Gasteiger charge is -2.27. The number of allylic oxidation sites excluding steroid dienone is 1. The molecule has 1 amide bonds. The van der Waals surface area contributed by atoms with E-state index in [-0.39, 0.29) is 15.7 Å². The van der Waals surface area contributed by atoms with Crippen molar-refractivity contribution in [3.8, 4) is 0 Å². The van der Waals surface area contributed by atoms with Gasteiger partial charge in [0.05, 0.1) is 19.2 Å². The van der Waals surface area contributed by atoms with Crippen molar-refractivity contribution in [2.75, 3.05) is 18.4 Å². The van der Waals surface area contributed by atoms with E-state index in [0.717, 1.165) is 65.9 Å². The molecule has 0 spiro atoms. The van der Waals surface area contributed by atoms with Crippen LogP contribution in [0.1, 0.15) is 57.6 Å². The second kappa shape index (κ2) is 8.61. The molecule has 2 aliphatic carbocycles. The number of thiophene rings is 1. The van der Waals surface area contributed by atoms with Crippen LogP contribution >= 0.6 is 11.3 Å². The summed E-state index contributed by atoms with van der Waals surface area (Å²) in [6.07, 6.45) is 8.12. The first kappa shape index (κ1) is 22.2. The molecule has 0 saturated carbocycles. The molecule has 0 unspecified atom stereocenters. The van der Waals surface area contributed by atoms with Gasteiger partial charge < -0.3 is 9.64 Å². The molecule has 0 saturated heterocycles. The normalized spacial score (nSPS) is 17.4. The molecule has 7 nitrogen and oxygen atoms in total. The van der Waals surface area contributed by atoms with Crippen molar-refractivity contribution in [1.29, 1.82) is 0 Å². The van der Waals surface area contributed by atoms with Crippen LogP contribution in [-0.4, -0.2) is 38.8 Å². The van der Waals surface area contributed by atoms with Crippen LogP contribution in [-0.2, 0) is 45.4 Å². The summed E-state index contributed by atoms with van der Waals surface area (Å²) in [6, 6.07) is 5.60. The molecule has 1 aliphatic heterocycles. The van der Waals surface area contributed by atoms with E-state index in [1.54, 1.807) is 11.0 Å². The first-order valence-electron chi connectivity index (χ1n) is 11.2. The monoisotopic (exact) mass is 486 g/mol. The Morgan fingerprint density at radius 2 is 1.91 bits per heavy atom. The fraction of sp³-hybridized carbons (Fsp3) is 0.417. The Balaban J connectivity index is 1.47. The van der Waals surface area contributed by atoms with Crippen molar-refractivity contribution in [3.05, 3.63) is 57.0 Å².